The fourth-order valence-electron chi connectivity index (χ4n) is 4.69. The Morgan fingerprint density at radius 3 is 2.77 bits per heavy atom. The maximum atomic E-state index is 12.5. The van der Waals surface area contributed by atoms with E-state index in [4.69, 9.17) is 0 Å². The Kier molecular flexibility index (Phi) is 6.32. The number of aryl methyl sites for hydroxylation is 4. The molecule has 0 aromatic carbocycles. The summed E-state index contributed by atoms with van der Waals surface area (Å²) in [7, 11) is 1.79. The minimum absolute atomic E-state index is 0.00379. The second-order valence-corrected chi connectivity index (χ2v) is 8.57. The maximum Gasteiger partial charge on any atom is 0.269 e. The standard InChI is InChI=1S/C22H32N6O2/c1-16-13-20(26(2)24-16)22(30)23-15-18-8-5-6-10-27(18)11-12-28-21(29)14-17-7-3-4-9-19(17)25-28/h13-14,18H,3-12,15H2,1-2H3,(H,23,30). The predicted molar refractivity (Wildman–Crippen MR) is 115 cm³/mol. The highest BCUT2D eigenvalue weighted by Crippen LogP contribution is 2.18. The first-order valence-corrected chi connectivity index (χ1v) is 11.1. The van der Waals surface area contributed by atoms with Gasteiger partial charge in [-0.05, 0) is 63.6 Å². The van der Waals surface area contributed by atoms with Crippen molar-refractivity contribution in [3.05, 3.63) is 45.1 Å². The number of fused-ring (bicyclic) bond motifs is 1. The van der Waals surface area contributed by atoms with Crippen LogP contribution in [0, 0.1) is 6.92 Å². The van der Waals surface area contributed by atoms with Crippen molar-refractivity contribution in [1.29, 1.82) is 0 Å². The van der Waals surface area contributed by atoms with Crippen molar-refractivity contribution < 1.29 is 4.79 Å². The molecular weight excluding hydrogens is 380 g/mol. The summed E-state index contributed by atoms with van der Waals surface area (Å²) in [5, 5.41) is 12.0. The van der Waals surface area contributed by atoms with Crippen LogP contribution < -0.4 is 10.9 Å². The summed E-state index contributed by atoms with van der Waals surface area (Å²) in [4.78, 5) is 27.4. The summed E-state index contributed by atoms with van der Waals surface area (Å²) in [6.07, 6.45) is 7.62. The van der Waals surface area contributed by atoms with Crippen LogP contribution in [0.25, 0.3) is 0 Å². The molecule has 1 amide bonds. The van der Waals surface area contributed by atoms with Gasteiger partial charge in [0, 0.05) is 32.2 Å². The molecule has 1 aliphatic carbocycles. The maximum absolute atomic E-state index is 12.5. The van der Waals surface area contributed by atoms with Crippen molar-refractivity contribution in [3.63, 3.8) is 0 Å². The highest BCUT2D eigenvalue weighted by molar-refractivity contribution is 5.92. The fraction of sp³-hybridized carbons (Fsp3) is 0.636. The lowest BCUT2D eigenvalue weighted by molar-refractivity contribution is 0.0900. The van der Waals surface area contributed by atoms with Crippen molar-refractivity contribution in [2.75, 3.05) is 19.6 Å². The number of likely N-dealkylation sites (tertiary alicyclic amines) is 1. The molecule has 2 aromatic heterocycles. The van der Waals surface area contributed by atoms with Gasteiger partial charge in [0.15, 0.2) is 0 Å². The zero-order valence-electron chi connectivity index (χ0n) is 18.1. The number of carbonyl (C=O) groups excluding carboxylic acids is 1. The molecule has 1 N–H and O–H groups in total. The fourth-order valence-corrected chi connectivity index (χ4v) is 4.69. The monoisotopic (exact) mass is 412 g/mol. The second-order valence-electron chi connectivity index (χ2n) is 8.57. The quantitative estimate of drug-likeness (QED) is 0.776. The number of rotatable bonds is 6. The molecular formula is C22H32N6O2. The van der Waals surface area contributed by atoms with Crippen molar-refractivity contribution in [2.45, 2.75) is 64.5 Å². The molecule has 0 bridgehead atoms. The average Bonchev–Trinajstić information content (AvgIpc) is 3.09. The molecule has 2 aromatic rings. The molecule has 0 saturated carbocycles. The number of hydrogen-bond acceptors (Lipinski definition) is 5. The average molecular weight is 413 g/mol. The van der Waals surface area contributed by atoms with Crippen LogP contribution in [-0.2, 0) is 26.4 Å². The van der Waals surface area contributed by atoms with Crippen molar-refractivity contribution in [2.24, 2.45) is 7.05 Å². The SMILES string of the molecule is Cc1cc(C(=O)NCC2CCCCN2CCn2nc3c(cc2=O)CCCC3)n(C)n1. The first-order chi connectivity index (χ1) is 14.5. The van der Waals surface area contributed by atoms with Crippen LogP contribution in [0.15, 0.2) is 16.9 Å². The predicted octanol–water partition coefficient (Wildman–Crippen LogP) is 1.45. The molecule has 2 aliphatic rings. The van der Waals surface area contributed by atoms with E-state index in [9.17, 15) is 9.59 Å². The van der Waals surface area contributed by atoms with Gasteiger partial charge in [-0.2, -0.15) is 10.2 Å². The van der Waals surface area contributed by atoms with E-state index in [0.717, 1.165) is 68.6 Å². The first-order valence-electron chi connectivity index (χ1n) is 11.1. The van der Waals surface area contributed by atoms with Gasteiger partial charge in [-0.15, -0.1) is 0 Å². The molecule has 0 spiro atoms. The zero-order chi connectivity index (χ0) is 21.1. The van der Waals surface area contributed by atoms with Crippen molar-refractivity contribution in [1.82, 2.24) is 29.8 Å². The van der Waals surface area contributed by atoms with E-state index < -0.39 is 0 Å². The summed E-state index contributed by atoms with van der Waals surface area (Å²) < 4.78 is 3.25. The van der Waals surface area contributed by atoms with Crippen LogP contribution in [-0.4, -0.2) is 56.0 Å². The Morgan fingerprint density at radius 1 is 1.13 bits per heavy atom. The molecule has 8 heteroatoms. The summed E-state index contributed by atoms with van der Waals surface area (Å²) >= 11 is 0. The van der Waals surface area contributed by atoms with Crippen LogP contribution in [0.4, 0.5) is 0 Å². The molecule has 1 unspecified atom stereocenters. The molecule has 1 atom stereocenters. The topological polar surface area (TPSA) is 85.0 Å². The van der Waals surface area contributed by atoms with E-state index in [0.29, 0.717) is 18.8 Å². The molecule has 162 valence electrons. The number of amides is 1. The van der Waals surface area contributed by atoms with Gasteiger partial charge < -0.3 is 5.32 Å². The van der Waals surface area contributed by atoms with Crippen LogP contribution in [0.2, 0.25) is 0 Å². The summed E-state index contributed by atoms with van der Waals surface area (Å²) in [5.41, 5.74) is 3.65. The Bertz CT molecular complexity index is 963. The number of carbonyl (C=O) groups is 1. The number of piperidine rings is 1. The Morgan fingerprint density at radius 2 is 1.97 bits per heavy atom. The molecule has 1 saturated heterocycles. The summed E-state index contributed by atoms with van der Waals surface area (Å²) in [6.45, 7) is 4.85. The van der Waals surface area contributed by atoms with E-state index in [1.165, 1.54) is 6.42 Å². The van der Waals surface area contributed by atoms with Gasteiger partial charge in [0.05, 0.1) is 17.9 Å². The van der Waals surface area contributed by atoms with Gasteiger partial charge in [-0.1, -0.05) is 6.42 Å². The number of aromatic nitrogens is 4. The third-order valence-corrected chi connectivity index (χ3v) is 6.35. The molecule has 8 nitrogen and oxygen atoms in total. The highest BCUT2D eigenvalue weighted by atomic mass is 16.2. The van der Waals surface area contributed by atoms with Gasteiger partial charge in [-0.3, -0.25) is 19.2 Å². The lowest BCUT2D eigenvalue weighted by atomic mass is 9.97. The van der Waals surface area contributed by atoms with Gasteiger partial charge in [-0.25, -0.2) is 4.68 Å². The van der Waals surface area contributed by atoms with Gasteiger partial charge in [0.25, 0.3) is 11.5 Å². The first kappa shape index (κ1) is 20.8. The van der Waals surface area contributed by atoms with Crippen molar-refractivity contribution >= 4 is 5.91 Å². The Balaban J connectivity index is 1.36. The molecule has 3 heterocycles. The molecule has 1 aliphatic heterocycles. The molecule has 0 radical (unpaired) electrons. The van der Waals surface area contributed by atoms with Gasteiger partial charge in [0.2, 0.25) is 0 Å². The zero-order valence-corrected chi connectivity index (χ0v) is 18.1. The highest BCUT2D eigenvalue weighted by Gasteiger charge is 2.24. The largest absolute Gasteiger partial charge is 0.349 e. The molecule has 4 rings (SSSR count). The third kappa shape index (κ3) is 4.64. The Hall–Kier alpha value is -2.48. The summed E-state index contributed by atoms with van der Waals surface area (Å²) in [5.74, 6) is -0.0869. The number of nitrogens with one attached hydrogen (secondary N) is 1. The minimum Gasteiger partial charge on any atom is -0.349 e. The van der Waals surface area contributed by atoms with Crippen molar-refractivity contribution in [3.8, 4) is 0 Å². The minimum atomic E-state index is -0.0869. The van der Waals surface area contributed by atoms with Crippen LogP contribution in [0.5, 0.6) is 0 Å². The molecule has 1 fully saturated rings. The van der Waals surface area contributed by atoms with E-state index in [-0.39, 0.29) is 17.5 Å². The van der Waals surface area contributed by atoms with E-state index >= 15 is 0 Å². The molecule has 30 heavy (non-hydrogen) atoms. The lowest BCUT2D eigenvalue weighted by Crippen LogP contribution is -2.48. The second kappa shape index (κ2) is 9.12. The smallest absolute Gasteiger partial charge is 0.269 e. The van der Waals surface area contributed by atoms with E-state index in [1.807, 2.05) is 13.0 Å². The van der Waals surface area contributed by atoms with E-state index in [2.05, 4.69) is 20.4 Å². The van der Waals surface area contributed by atoms with Crippen LogP contribution in [0.1, 0.15) is 59.5 Å². The van der Waals surface area contributed by atoms with E-state index in [1.54, 1.807) is 22.5 Å². The van der Waals surface area contributed by atoms with Gasteiger partial charge in [0.1, 0.15) is 5.69 Å². The Labute approximate surface area is 177 Å². The van der Waals surface area contributed by atoms with Crippen LogP contribution in [0.3, 0.4) is 0 Å². The summed E-state index contributed by atoms with van der Waals surface area (Å²) in [6, 6.07) is 3.87. The normalized spacial score (nSPS) is 19.5. The third-order valence-electron chi connectivity index (χ3n) is 6.35. The number of nitrogens with zero attached hydrogens (tertiary/aromatic N) is 5. The van der Waals surface area contributed by atoms with Crippen LogP contribution >= 0.6 is 0 Å². The number of hydrogen-bond donors (Lipinski definition) is 1. The lowest BCUT2D eigenvalue weighted by Gasteiger charge is -2.35. The van der Waals surface area contributed by atoms with Gasteiger partial charge >= 0.3 is 0 Å².